The van der Waals surface area contributed by atoms with Gasteiger partial charge in [-0.2, -0.15) is 0 Å². The molecule has 1 aliphatic rings. The second-order valence-electron chi connectivity index (χ2n) is 3.80. The minimum Gasteiger partial charge on any atom is -0.317 e. The van der Waals surface area contributed by atoms with E-state index < -0.39 is 0 Å². The molecule has 1 heterocycles. The van der Waals surface area contributed by atoms with Crippen molar-refractivity contribution in [1.82, 2.24) is 5.32 Å². The van der Waals surface area contributed by atoms with Crippen LogP contribution in [0.3, 0.4) is 0 Å². The fraction of sp³-hybridized carbons (Fsp3) is 0.385. The molecule has 1 aromatic rings. The summed E-state index contributed by atoms with van der Waals surface area (Å²) in [6.45, 7) is 2.19. The first-order chi connectivity index (χ1) is 7.34. The van der Waals surface area contributed by atoms with E-state index in [0.717, 1.165) is 23.7 Å². The standard InChI is InChI=1S/C13H14ClN/c14-13-5-3-11(4-6-13)1-2-12-7-9-15-10-8-12/h3-6,12,15H,7-10H2. The summed E-state index contributed by atoms with van der Waals surface area (Å²) < 4.78 is 0. The van der Waals surface area contributed by atoms with Crippen LogP contribution in [0.15, 0.2) is 24.3 Å². The number of rotatable bonds is 0. The maximum absolute atomic E-state index is 5.80. The fourth-order valence-corrected chi connectivity index (χ4v) is 1.81. The summed E-state index contributed by atoms with van der Waals surface area (Å²) in [7, 11) is 0. The number of hydrogen-bond acceptors (Lipinski definition) is 1. The number of nitrogens with one attached hydrogen (secondary N) is 1. The second kappa shape index (κ2) is 5.21. The maximum Gasteiger partial charge on any atom is 0.0406 e. The quantitative estimate of drug-likeness (QED) is 0.662. The van der Waals surface area contributed by atoms with Crippen LogP contribution in [-0.4, -0.2) is 13.1 Å². The first kappa shape index (κ1) is 10.5. The molecule has 1 N–H and O–H groups in total. The van der Waals surface area contributed by atoms with Gasteiger partial charge >= 0.3 is 0 Å². The third-order valence-electron chi connectivity index (χ3n) is 2.60. The Balaban J connectivity index is 2.00. The monoisotopic (exact) mass is 219 g/mol. The maximum atomic E-state index is 5.80. The molecule has 0 saturated carbocycles. The van der Waals surface area contributed by atoms with E-state index >= 15 is 0 Å². The van der Waals surface area contributed by atoms with Crippen LogP contribution in [0.1, 0.15) is 18.4 Å². The van der Waals surface area contributed by atoms with Crippen molar-refractivity contribution in [3.8, 4) is 11.8 Å². The van der Waals surface area contributed by atoms with Gasteiger partial charge in [0.25, 0.3) is 0 Å². The summed E-state index contributed by atoms with van der Waals surface area (Å²) in [5.41, 5.74) is 1.05. The number of piperidine rings is 1. The average molecular weight is 220 g/mol. The van der Waals surface area contributed by atoms with Gasteiger partial charge in [-0.05, 0) is 50.2 Å². The van der Waals surface area contributed by atoms with Gasteiger partial charge in [-0.3, -0.25) is 0 Å². The summed E-state index contributed by atoms with van der Waals surface area (Å²) in [5, 5.41) is 4.10. The first-order valence-corrected chi connectivity index (χ1v) is 5.70. The minimum atomic E-state index is 0.557. The first-order valence-electron chi connectivity index (χ1n) is 5.32. The molecular weight excluding hydrogens is 206 g/mol. The molecule has 0 aromatic heterocycles. The lowest BCUT2D eigenvalue weighted by atomic mass is 9.98. The van der Waals surface area contributed by atoms with Gasteiger partial charge in [-0.25, -0.2) is 0 Å². The minimum absolute atomic E-state index is 0.557. The zero-order valence-corrected chi connectivity index (χ0v) is 9.35. The Bertz CT molecular complexity index is 366. The summed E-state index contributed by atoms with van der Waals surface area (Å²) >= 11 is 5.80. The molecule has 78 valence electrons. The molecule has 2 rings (SSSR count). The van der Waals surface area contributed by atoms with Gasteiger partial charge in [-0.15, -0.1) is 0 Å². The third kappa shape index (κ3) is 3.27. The average Bonchev–Trinajstić information content (AvgIpc) is 2.30. The highest BCUT2D eigenvalue weighted by molar-refractivity contribution is 6.30. The smallest absolute Gasteiger partial charge is 0.0406 e. The molecule has 0 amide bonds. The van der Waals surface area contributed by atoms with E-state index in [1.165, 1.54) is 12.8 Å². The Hall–Kier alpha value is -0.970. The molecule has 1 aliphatic heterocycles. The lowest BCUT2D eigenvalue weighted by Gasteiger charge is -2.17. The fourth-order valence-electron chi connectivity index (χ4n) is 1.68. The number of halogens is 1. The molecule has 0 unspecified atom stereocenters. The summed E-state index contributed by atoms with van der Waals surface area (Å²) in [6, 6.07) is 7.70. The third-order valence-corrected chi connectivity index (χ3v) is 2.86. The zero-order chi connectivity index (χ0) is 10.5. The molecule has 0 spiro atoms. The molecule has 1 fully saturated rings. The second-order valence-corrected chi connectivity index (χ2v) is 4.24. The predicted molar refractivity (Wildman–Crippen MR) is 63.9 cm³/mol. The van der Waals surface area contributed by atoms with Gasteiger partial charge in [-0.1, -0.05) is 23.4 Å². The van der Waals surface area contributed by atoms with Crippen molar-refractivity contribution in [1.29, 1.82) is 0 Å². The van der Waals surface area contributed by atoms with Crippen LogP contribution in [0.2, 0.25) is 5.02 Å². The van der Waals surface area contributed by atoms with Crippen LogP contribution < -0.4 is 5.32 Å². The van der Waals surface area contributed by atoms with Gasteiger partial charge in [0.1, 0.15) is 0 Å². The Labute approximate surface area is 95.8 Å². The molecule has 1 nitrogen and oxygen atoms in total. The van der Waals surface area contributed by atoms with E-state index in [0.29, 0.717) is 5.92 Å². The number of hydrogen-bond donors (Lipinski definition) is 1. The molecule has 2 heteroatoms. The molecule has 1 saturated heterocycles. The van der Waals surface area contributed by atoms with Crippen LogP contribution in [0.4, 0.5) is 0 Å². The van der Waals surface area contributed by atoms with Crippen LogP contribution >= 0.6 is 11.6 Å². The van der Waals surface area contributed by atoms with Gasteiger partial charge < -0.3 is 5.32 Å². The molecule has 0 bridgehead atoms. The Morgan fingerprint density at radius 3 is 2.47 bits per heavy atom. The Kier molecular flexibility index (Phi) is 3.66. The molecule has 0 radical (unpaired) electrons. The summed E-state index contributed by atoms with van der Waals surface area (Å²) in [4.78, 5) is 0. The lowest BCUT2D eigenvalue weighted by Crippen LogP contribution is -2.26. The molecule has 0 aliphatic carbocycles. The number of benzene rings is 1. The Morgan fingerprint density at radius 2 is 1.80 bits per heavy atom. The summed E-state index contributed by atoms with van der Waals surface area (Å²) in [5.74, 6) is 7.09. The van der Waals surface area contributed by atoms with Crippen LogP contribution in [0.25, 0.3) is 0 Å². The van der Waals surface area contributed by atoms with E-state index in [9.17, 15) is 0 Å². The van der Waals surface area contributed by atoms with Gasteiger partial charge in [0.15, 0.2) is 0 Å². The van der Waals surface area contributed by atoms with Crippen LogP contribution in [-0.2, 0) is 0 Å². The van der Waals surface area contributed by atoms with Crippen molar-refractivity contribution in [2.75, 3.05) is 13.1 Å². The molecule has 0 atom stereocenters. The SMILES string of the molecule is Clc1ccc(C#CC2CCNCC2)cc1. The van der Waals surface area contributed by atoms with Crippen molar-refractivity contribution in [3.63, 3.8) is 0 Å². The van der Waals surface area contributed by atoms with E-state index in [4.69, 9.17) is 11.6 Å². The van der Waals surface area contributed by atoms with Crippen molar-refractivity contribution in [2.24, 2.45) is 5.92 Å². The van der Waals surface area contributed by atoms with Crippen molar-refractivity contribution in [2.45, 2.75) is 12.8 Å². The topological polar surface area (TPSA) is 12.0 Å². The van der Waals surface area contributed by atoms with E-state index in [1.807, 2.05) is 24.3 Å². The highest BCUT2D eigenvalue weighted by Crippen LogP contribution is 2.11. The predicted octanol–water partition coefficient (Wildman–Crippen LogP) is 2.69. The largest absolute Gasteiger partial charge is 0.317 e. The molecular formula is C13H14ClN. The summed E-state index contributed by atoms with van der Waals surface area (Å²) in [6.07, 6.45) is 2.33. The van der Waals surface area contributed by atoms with E-state index in [2.05, 4.69) is 17.2 Å². The van der Waals surface area contributed by atoms with E-state index in [1.54, 1.807) is 0 Å². The molecule has 1 aromatic carbocycles. The van der Waals surface area contributed by atoms with Gasteiger partial charge in [0.2, 0.25) is 0 Å². The highest BCUT2D eigenvalue weighted by Gasteiger charge is 2.08. The van der Waals surface area contributed by atoms with E-state index in [-0.39, 0.29) is 0 Å². The normalized spacial score (nSPS) is 16.9. The van der Waals surface area contributed by atoms with Gasteiger partial charge in [0, 0.05) is 16.5 Å². The zero-order valence-electron chi connectivity index (χ0n) is 8.59. The Morgan fingerprint density at radius 1 is 1.13 bits per heavy atom. The van der Waals surface area contributed by atoms with Crippen molar-refractivity contribution < 1.29 is 0 Å². The molecule has 15 heavy (non-hydrogen) atoms. The van der Waals surface area contributed by atoms with Crippen LogP contribution in [0.5, 0.6) is 0 Å². The highest BCUT2D eigenvalue weighted by atomic mass is 35.5. The van der Waals surface area contributed by atoms with Gasteiger partial charge in [0.05, 0.1) is 0 Å². The van der Waals surface area contributed by atoms with Crippen molar-refractivity contribution in [3.05, 3.63) is 34.9 Å². The lowest BCUT2D eigenvalue weighted by molar-refractivity contribution is 0.447. The van der Waals surface area contributed by atoms with Crippen LogP contribution in [0, 0.1) is 17.8 Å². The van der Waals surface area contributed by atoms with Crippen molar-refractivity contribution >= 4 is 11.6 Å².